The minimum atomic E-state index is 0.728. The Hall–Kier alpha value is -2.00. The summed E-state index contributed by atoms with van der Waals surface area (Å²) in [5, 5.41) is 3.15. The number of hydrogen-bond donors (Lipinski definition) is 1. The summed E-state index contributed by atoms with van der Waals surface area (Å²) in [4.78, 5) is 0. The molecule has 2 aromatic rings. The topological polar surface area (TPSA) is 30.5 Å². The van der Waals surface area contributed by atoms with E-state index < -0.39 is 0 Å². The van der Waals surface area contributed by atoms with Gasteiger partial charge in [-0.25, -0.2) is 0 Å². The number of rotatable bonds is 5. The molecule has 0 amide bonds. The van der Waals surface area contributed by atoms with Crippen molar-refractivity contribution in [1.82, 2.24) is 5.32 Å². The van der Waals surface area contributed by atoms with E-state index in [2.05, 4.69) is 18.3 Å². The fourth-order valence-electron chi connectivity index (χ4n) is 1.96. The van der Waals surface area contributed by atoms with E-state index in [1.807, 2.05) is 43.4 Å². The molecule has 2 rings (SSSR count). The van der Waals surface area contributed by atoms with E-state index in [-0.39, 0.29) is 0 Å². The van der Waals surface area contributed by atoms with Crippen molar-refractivity contribution in [3.8, 4) is 17.2 Å². The Labute approximate surface area is 114 Å². The van der Waals surface area contributed by atoms with Gasteiger partial charge in [-0.15, -0.1) is 0 Å². The minimum Gasteiger partial charge on any atom is -0.493 e. The Morgan fingerprint density at radius 1 is 1.00 bits per heavy atom. The van der Waals surface area contributed by atoms with Gasteiger partial charge in [-0.3, -0.25) is 0 Å². The summed E-state index contributed by atoms with van der Waals surface area (Å²) in [5.74, 6) is 2.31. The lowest BCUT2D eigenvalue weighted by atomic mass is 10.1. The second-order valence-electron chi connectivity index (χ2n) is 4.39. The van der Waals surface area contributed by atoms with Crippen LogP contribution in [0.15, 0.2) is 42.5 Å². The summed E-state index contributed by atoms with van der Waals surface area (Å²) in [6, 6.07) is 13.8. The maximum atomic E-state index is 5.97. The molecule has 0 unspecified atom stereocenters. The molecule has 0 aliphatic heterocycles. The Morgan fingerprint density at radius 2 is 1.74 bits per heavy atom. The maximum absolute atomic E-state index is 5.97. The highest BCUT2D eigenvalue weighted by Crippen LogP contribution is 2.32. The van der Waals surface area contributed by atoms with Gasteiger partial charge in [0.05, 0.1) is 7.11 Å². The zero-order chi connectivity index (χ0) is 13.7. The number of hydrogen-bond acceptors (Lipinski definition) is 3. The van der Waals surface area contributed by atoms with E-state index in [0.29, 0.717) is 0 Å². The van der Waals surface area contributed by atoms with Crippen LogP contribution in [0.2, 0.25) is 0 Å². The van der Waals surface area contributed by atoms with Gasteiger partial charge in [0.25, 0.3) is 0 Å². The molecule has 0 fully saturated rings. The number of methoxy groups -OCH3 is 1. The van der Waals surface area contributed by atoms with Crippen LogP contribution in [-0.2, 0) is 6.54 Å². The summed E-state index contributed by atoms with van der Waals surface area (Å²) in [6.45, 7) is 2.85. The average Bonchev–Trinajstić information content (AvgIpc) is 2.43. The van der Waals surface area contributed by atoms with Crippen LogP contribution < -0.4 is 14.8 Å². The predicted molar refractivity (Wildman–Crippen MR) is 77.0 cm³/mol. The number of para-hydroxylation sites is 2. The van der Waals surface area contributed by atoms with Gasteiger partial charge in [-0.2, -0.15) is 0 Å². The molecule has 0 radical (unpaired) electrons. The van der Waals surface area contributed by atoms with Gasteiger partial charge < -0.3 is 14.8 Å². The molecule has 0 aliphatic carbocycles. The molecular weight excluding hydrogens is 238 g/mol. The average molecular weight is 257 g/mol. The van der Waals surface area contributed by atoms with Crippen LogP contribution in [0.5, 0.6) is 17.2 Å². The van der Waals surface area contributed by atoms with Crippen molar-refractivity contribution in [2.75, 3.05) is 14.2 Å². The van der Waals surface area contributed by atoms with Gasteiger partial charge in [0.15, 0.2) is 11.5 Å². The van der Waals surface area contributed by atoms with Gasteiger partial charge >= 0.3 is 0 Å². The summed E-state index contributed by atoms with van der Waals surface area (Å²) < 4.78 is 11.3. The van der Waals surface area contributed by atoms with E-state index in [9.17, 15) is 0 Å². The van der Waals surface area contributed by atoms with Crippen LogP contribution in [0.4, 0.5) is 0 Å². The number of ether oxygens (including phenoxy) is 2. The minimum absolute atomic E-state index is 0.728. The second-order valence-corrected chi connectivity index (χ2v) is 4.39. The first-order valence-electron chi connectivity index (χ1n) is 6.29. The molecule has 0 saturated heterocycles. The second kappa shape index (κ2) is 6.25. The maximum Gasteiger partial charge on any atom is 0.169 e. The third-order valence-electron chi connectivity index (χ3n) is 2.87. The van der Waals surface area contributed by atoms with Crippen molar-refractivity contribution in [3.05, 3.63) is 53.6 Å². The van der Waals surface area contributed by atoms with E-state index in [4.69, 9.17) is 9.47 Å². The van der Waals surface area contributed by atoms with Crippen LogP contribution in [0.3, 0.4) is 0 Å². The molecule has 0 bridgehead atoms. The lowest BCUT2D eigenvalue weighted by molar-refractivity contribution is 0.377. The quantitative estimate of drug-likeness (QED) is 0.889. The number of nitrogens with one attached hydrogen (secondary N) is 1. The summed E-state index contributed by atoms with van der Waals surface area (Å²) in [6.07, 6.45) is 0. The van der Waals surface area contributed by atoms with Crippen molar-refractivity contribution < 1.29 is 9.47 Å². The van der Waals surface area contributed by atoms with Crippen LogP contribution in [-0.4, -0.2) is 14.2 Å². The largest absolute Gasteiger partial charge is 0.493 e. The normalized spacial score (nSPS) is 10.3. The SMILES string of the molecule is CNCc1cc(C)ccc1Oc1ccccc1OC. The Kier molecular flexibility index (Phi) is 4.42. The van der Waals surface area contributed by atoms with Crippen LogP contribution in [0.1, 0.15) is 11.1 Å². The zero-order valence-corrected chi connectivity index (χ0v) is 11.6. The molecule has 0 heterocycles. The molecule has 0 spiro atoms. The fraction of sp³-hybridized carbons (Fsp3) is 0.250. The molecule has 3 heteroatoms. The first-order valence-corrected chi connectivity index (χ1v) is 6.29. The standard InChI is InChI=1S/C16H19NO2/c1-12-8-9-14(13(10-12)11-17-2)19-16-7-5-4-6-15(16)18-3/h4-10,17H,11H2,1-3H3. The van der Waals surface area contributed by atoms with Crippen molar-refractivity contribution in [2.24, 2.45) is 0 Å². The molecule has 19 heavy (non-hydrogen) atoms. The van der Waals surface area contributed by atoms with Crippen molar-refractivity contribution in [1.29, 1.82) is 0 Å². The fourth-order valence-corrected chi connectivity index (χ4v) is 1.96. The highest BCUT2D eigenvalue weighted by atomic mass is 16.5. The van der Waals surface area contributed by atoms with Crippen LogP contribution in [0, 0.1) is 6.92 Å². The third kappa shape index (κ3) is 3.26. The van der Waals surface area contributed by atoms with E-state index >= 15 is 0 Å². The first kappa shape index (κ1) is 13.4. The third-order valence-corrected chi connectivity index (χ3v) is 2.87. The van der Waals surface area contributed by atoms with Crippen LogP contribution >= 0.6 is 0 Å². The molecule has 0 aliphatic rings. The Bertz CT molecular complexity index is 552. The smallest absolute Gasteiger partial charge is 0.169 e. The summed E-state index contributed by atoms with van der Waals surface area (Å²) in [5.41, 5.74) is 2.35. The van der Waals surface area contributed by atoms with Gasteiger partial charge in [-0.1, -0.05) is 29.8 Å². The predicted octanol–water partition coefficient (Wildman–Crippen LogP) is 3.52. The number of aryl methyl sites for hydroxylation is 1. The molecule has 2 aromatic carbocycles. The van der Waals surface area contributed by atoms with Crippen molar-refractivity contribution >= 4 is 0 Å². The van der Waals surface area contributed by atoms with E-state index in [0.717, 1.165) is 29.4 Å². The molecule has 3 nitrogen and oxygen atoms in total. The number of benzene rings is 2. The van der Waals surface area contributed by atoms with E-state index in [1.165, 1.54) is 5.56 Å². The zero-order valence-electron chi connectivity index (χ0n) is 11.6. The highest BCUT2D eigenvalue weighted by Gasteiger charge is 2.08. The molecular formula is C16H19NO2. The van der Waals surface area contributed by atoms with Gasteiger partial charge in [0, 0.05) is 12.1 Å². The van der Waals surface area contributed by atoms with E-state index in [1.54, 1.807) is 7.11 Å². The Balaban J connectivity index is 2.32. The Morgan fingerprint density at radius 3 is 2.42 bits per heavy atom. The van der Waals surface area contributed by atoms with Gasteiger partial charge in [0.1, 0.15) is 5.75 Å². The lowest BCUT2D eigenvalue weighted by Gasteiger charge is -2.14. The monoisotopic (exact) mass is 257 g/mol. The lowest BCUT2D eigenvalue weighted by Crippen LogP contribution is -2.06. The van der Waals surface area contributed by atoms with Crippen LogP contribution in [0.25, 0.3) is 0 Å². The molecule has 0 atom stereocenters. The van der Waals surface area contributed by atoms with Crippen molar-refractivity contribution in [3.63, 3.8) is 0 Å². The molecule has 0 saturated carbocycles. The summed E-state index contributed by atoms with van der Waals surface area (Å²) in [7, 11) is 3.57. The summed E-state index contributed by atoms with van der Waals surface area (Å²) >= 11 is 0. The molecule has 1 N–H and O–H groups in total. The highest BCUT2D eigenvalue weighted by molar-refractivity contribution is 5.45. The van der Waals surface area contributed by atoms with Gasteiger partial charge in [-0.05, 0) is 32.2 Å². The molecule has 0 aromatic heterocycles. The first-order chi connectivity index (χ1) is 9.24. The molecule has 100 valence electrons. The van der Waals surface area contributed by atoms with Crippen molar-refractivity contribution in [2.45, 2.75) is 13.5 Å². The van der Waals surface area contributed by atoms with Gasteiger partial charge in [0.2, 0.25) is 0 Å².